The molecule has 24 heavy (non-hydrogen) atoms. The number of carbonyl (C=O) groups excluding carboxylic acids is 2. The van der Waals surface area contributed by atoms with Crippen LogP contribution in [0.4, 0.5) is 10.2 Å². The fraction of sp³-hybridized carbons (Fsp3) is 0.294. The third-order valence-electron chi connectivity index (χ3n) is 4.27. The second kappa shape index (κ2) is 6.74. The largest absolute Gasteiger partial charge is 0.353 e. The van der Waals surface area contributed by atoms with E-state index in [1.54, 1.807) is 17.2 Å². The Hall–Kier alpha value is -2.83. The molecule has 1 aromatic carbocycles. The number of carbonyl (C=O) groups is 2. The molecule has 1 aliphatic rings. The summed E-state index contributed by atoms with van der Waals surface area (Å²) in [4.78, 5) is 27.0. The summed E-state index contributed by atoms with van der Waals surface area (Å²) in [6, 6.07) is 7.54. The Morgan fingerprint density at radius 2 is 2.25 bits per heavy atom. The van der Waals surface area contributed by atoms with E-state index in [0.29, 0.717) is 19.4 Å². The van der Waals surface area contributed by atoms with Crippen LogP contribution < -0.4 is 4.90 Å². The predicted molar refractivity (Wildman–Crippen MR) is 86.5 cm³/mol. The molecule has 6 nitrogen and oxygen atoms in total. The van der Waals surface area contributed by atoms with Gasteiger partial charge in [0.15, 0.2) is 5.82 Å². The first-order valence-electron chi connectivity index (χ1n) is 7.64. The Bertz CT molecular complexity index is 754. The quantitative estimate of drug-likeness (QED) is 0.801. The molecule has 2 heterocycles. The zero-order valence-corrected chi connectivity index (χ0v) is 13.2. The molecule has 0 aliphatic carbocycles. The summed E-state index contributed by atoms with van der Waals surface area (Å²) < 4.78 is 13.9. The zero-order valence-electron chi connectivity index (χ0n) is 13.2. The van der Waals surface area contributed by atoms with Gasteiger partial charge >= 0.3 is 0 Å². The van der Waals surface area contributed by atoms with E-state index in [2.05, 4.69) is 10.2 Å². The average Bonchev–Trinajstić information content (AvgIpc) is 3.12. The summed E-state index contributed by atoms with van der Waals surface area (Å²) in [7, 11) is 1.90. The van der Waals surface area contributed by atoms with Crippen LogP contribution >= 0.6 is 0 Å². The number of hydrogen-bond donors (Lipinski definition) is 0. The molecule has 1 aromatic heterocycles. The van der Waals surface area contributed by atoms with Crippen molar-refractivity contribution in [3.8, 4) is 0 Å². The number of nitrogens with zero attached hydrogens (tertiary/aromatic N) is 4. The van der Waals surface area contributed by atoms with Crippen molar-refractivity contribution in [1.29, 1.82) is 0 Å². The molecule has 7 heteroatoms. The number of rotatable bonds is 4. The van der Waals surface area contributed by atoms with Gasteiger partial charge in [-0.2, -0.15) is 5.10 Å². The highest BCUT2D eigenvalue weighted by Gasteiger charge is 2.31. The monoisotopic (exact) mass is 328 g/mol. The lowest BCUT2D eigenvalue weighted by atomic mass is 10.1. The average molecular weight is 328 g/mol. The smallest absolute Gasteiger partial charge is 0.256 e. The fourth-order valence-electron chi connectivity index (χ4n) is 2.86. The van der Waals surface area contributed by atoms with Gasteiger partial charge in [-0.1, -0.05) is 0 Å². The maximum absolute atomic E-state index is 13.9. The van der Waals surface area contributed by atoms with Gasteiger partial charge in [-0.3, -0.25) is 9.59 Å². The Labute approximate surface area is 138 Å². The van der Waals surface area contributed by atoms with Gasteiger partial charge in [0, 0.05) is 37.9 Å². The summed E-state index contributed by atoms with van der Waals surface area (Å²) in [6.07, 6.45) is 2.96. The number of benzene rings is 1. The van der Waals surface area contributed by atoms with Crippen molar-refractivity contribution >= 4 is 18.0 Å². The summed E-state index contributed by atoms with van der Waals surface area (Å²) in [5.74, 6) is -0.284. The van der Waals surface area contributed by atoms with Crippen LogP contribution in [-0.2, 0) is 0 Å². The molecule has 1 saturated heterocycles. The van der Waals surface area contributed by atoms with E-state index in [4.69, 9.17) is 0 Å². The van der Waals surface area contributed by atoms with Crippen molar-refractivity contribution in [3.05, 3.63) is 53.5 Å². The minimum atomic E-state index is -0.615. The van der Waals surface area contributed by atoms with Crippen molar-refractivity contribution in [1.82, 2.24) is 15.1 Å². The molecule has 0 spiro atoms. The molecular formula is C17H17FN4O2. The predicted octanol–water partition coefficient (Wildman–Crippen LogP) is 1.78. The second-order valence-electron chi connectivity index (χ2n) is 5.74. The van der Waals surface area contributed by atoms with E-state index < -0.39 is 11.7 Å². The minimum absolute atomic E-state index is 0.0672. The van der Waals surface area contributed by atoms with E-state index >= 15 is 0 Å². The summed E-state index contributed by atoms with van der Waals surface area (Å²) in [5.41, 5.74) is 0.217. The van der Waals surface area contributed by atoms with Crippen LogP contribution in [0.1, 0.15) is 27.1 Å². The molecule has 124 valence electrons. The number of anilines is 1. The third kappa shape index (κ3) is 3.10. The molecule has 0 radical (unpaired) electrons. The van der Waals surface area contributed by atoms with Crippen molar-refractivity contribution in [3.63, 3.8) is 0 Å². The minimum Gasteiger partial charge on any atom is -0.353 e. The Morgan fingerprint density at radius 3 is 2.96 bits per heavy atom. The fourth-order valence-corrected chi connectivity index (χ4v) is 2.86. The van der Waals surface area contributed by atoms with Gasteiger partial charge in [0.25, 0.3) is 5.91 Å². The van der Waals surface area contributed by atoms with Gasteiger partial charge in [0.05, 0.1) is 5.56 Å². The lowest BCUT2D eigenvalue weighted by Crippen LogP contribution is -2.37. The van der Waals surface area contributed by atoms with Gasteiger partial charge < -0.3 is 9.80 Å². The van der Waals surface area contributed by atoms with E-state index in [1.807, 2.05) is 18.0 Å². The Kier molecular flexibility index (Phi) is 4.50. The molecule has 3 rings (SSSR count). The maximum atomic E-state index is 13.9. The van der Waals surface area contributed by atoms with Crippen molar-refractivity contribution in [2.75, 3.05) is 25.0 Å². The van der Waals surface area contributed by atoms with Gasteiger partial charge in [-0.05, 0) is 36.8 Å². The summed E-state index contributed by atoms with van der Waals surface area (Å²) in [5, 5.41) is 7.92. The van der Waals surface area contributed by atoms with Crippen LogP contribution in [0, 0.1) is 5.82 Å². The van der Waals surface area contributed by atoms with Crippen molar-refractivity contribution in [2.45, 2.75) is 12.5 Å². The van der Waals surface area contributed by atoms with Gasteiger partial charge in [0.2, 0.25) is 0 Å². The standard InChI is InChI=1S/C17H17FN4O2/c1-21(16-3-2-7-19-20-16)13-6-8-22(10-13)17(24)14-9-12(11-23)4-5-15(14)18/h2-5,7,9,11,13H,6,8,10H2,1H3/t13-/m0/s1. The number of aromatic nitrogens is 2. The molecule has 1 aliphatic heterocycles. The van der Waals surface area contributed by atoms with Crippen LogP contribution in [0.15, 0.2) is 36.5 Å². The molecule has 1 amide bonds. The third-order valence-corrected chi connectivity index (χ3v) is 4.27. The molecule has 0 N–H and O–H groups in total. The number of hydrogen-bond acceptors (Lipinski definition) is 5. The first-order chi connectivity index (χ1) is 11.6. The number of halogens is 1. The van der Waals surface area contributed by atoms with Crippen LogP contribution in [-0.4, -0.2) is 53.5 Å². The van der Waals surface area contributed by atoms with Gasteiger partial charge in [-0.25, -0.2) is 4.39 Å². The van der Waals surface area contributed by atoms with E-state index in [0.717, 1.165) is 18.3 Å². The van der Waals surface area contributed by atoms with E-state index in [9.17, 15) is 14.0 Å². The molecule has 0 saturated carbocycles. The van der Waals surface area contributed by atoms with E-state index in [1.165, 1.54) is 12.1 Å². The lowest BCUT2D eigenvalue weighted by molar-refractivity contribution is 0.0786. The highest BCUT2D eigenvalue weighted by Crippen LogP contribution is 2.22. The first kappa shape index (κ1) is 16.0. The number of likely N-dealkylation sites (N-methyl/N-ethyl adjacent to an activating group) is 1. The zero-order chi connectivity index (χ0) is 17.1. The van der Waals surface area contributed by atoms with Crippen LogP contribution in [0.25, 0.3) is 0 Å². The van der Waals surface area contributed by atoms with Crippen LogP contribution in [0.5, 0.6) is 0 Å². The normalized spacial score (nSPS) is 16.9. The van der Waals surface area contributed by atoms with Crippen molar-refractivity contribution < 1.29 is 14.0 Å². The summed E-state index contributed by atoms with van der Waals surface area (Å²) in [6.45, 7) is 0.996. The molecule has 1 fully saturated rings. The maximum Gasteiger partial charge on any atom is 0.256 e. The Morgan fingerprint density at radius 1 is 1.42 bits per heavy atom. The van der Waals surface area contributed by atoms with Gasteiger partial charge in [-0.15, -0.1) is 5.10 Å². The van der Waals surface area contributed by atoms with Crippen LogP contribution in [0.2, 0.25) is 0 Å². The first-order valence-corrected chi connectivity index (χ1v) is 7.64. The molecular weight excluding hydrogens is 311 g/mol. The number of likely N-dealkylation sites (tertiary alicyclic amines) is 1. The van der Waals surface area contributed by atoms with Gasteiger partial charge in [0.1, 0.15) is 12.1 Å². The number of aldehydes is 1. The molecule has 0 unspecified atom stereocenters. The molecule has 1 atom stereocenters. The second-order valence-corrected chi connectivity index (χ2v) is 5.74. The van der Waals surface area contributed by atoms with Crippen LogP contribution in [0.3, 0.4) is 0 Å². The van der Waals surface area contributed by atoms with E-state index in [-0.39, 0.29) is 17.2 Å². The highest BCUT2D eigenvalue weighted by molar-refractivity contribution is 5.96. The summed E-state index contributed by atoms with van der Waals surface area (Å²) >= 11 is 0. The Balaban J connectivity index is 1.74. The lowest BCUT2D eigenvalue weighted by Gasteiger charge is -2.25. The topological polar surface area (TPSA) is 66.4 Å². The molecule has 0 bridgehead atoms. The highest BCUT2D eigenvalue weighted by atomic mass is 19.1. The SMILES string of the molecule is CN(c1cccnn1)[C@H]1CCN(C(=O)c2cc(C=O)ccc2F)C1. The number of amides is 1. The molecule has 2 aromatic rings. The van der Waals surface area contributed by atoms with Crippen molar-refractivity contribution in [2.24, 2.45) is 0 Å².